The highest BCUT2D eigenvalue weighted by molar-refractivity contribution is 7.91. The average molecular weight is 318 g/mol. The Bertz CT molecular complexity index is 614. The predicted octanol–water partition coefficient (Wildman–Crippen LogP) is 1.62. The van der Waals surface area contributed by atoms with E-state index >= 15 is 0 Å². The number of amides is 1. The van der Waals surface area contributed by atoms with Gasteiger partial charge in [-0.3, -0.25) is 4.79 Å². The van der Waals surface area contributed by atoms with E-state index < -0.39 is 20.5 Å². The maximum Gasteiger partial charge on any atom is 0.341 e. The van der Waals surface area contributed by atoms with Crippen molar-refractivity contribution in [3.8, 4) is 0 Å². The van der Waals surface area contributed by atoms with E-state index in [0.717, 1.165) is 19.0 Å². The molecule has 1 aliphatic rings. The summed E-state index contributed by atoms with van der Waals surface area (Å²) in [6.45, 7) is 1.33. The number of carbonyl (C=O) groups is 1. The number of benzene rings is 1. The Labute approximate surface area is 121 Å². The molecule has 1 aliphatic heterocycles. The summed E-state index contributed by atoms with van der Waals surface area (Å²) in [6.07, 6.45) is 1.53. The second-order valence-electron chi connectivity index (χ2n) is 4.83. The van der Waals surface area contributed by atoms with Crippen molar-refractivity contribution in [3.05, 3.63) is 24.3 Å². The van der Waals surface area contributed by atoms with Crippen molar-refractivity contribution in [2.45, 2.75) is 23.5 Å². The van der Waals surface area contributed by atoms with E-state index in [9.17, 15) is 22.0 Å². The molecule has 2 N–H and O–H groups in total. The Morgan fingerprint density at radius 1 is 1.33 bits per heavy atom. The Hall–Kier alpha value is -1.54. The van der Waals surface area contributed by atoms with E-state index in [4.69, 9.17) is 0 Å². The Kier molecular flexibility index (Phi) is 4.89. The summed E-state index contributed by atoms with van der Waals surface area (Å²) < 4.78 is 48.5. The van der Waals surface area contributed by atoms with Gasteiger partial charge in [0.1, 0.15) is 0 Å². The molecule has 1 aromatic carbocycles. The van der Waals surface area contributed by atoms with Crippen LogP contribution in [0.1, 0.15) is 12.8 Å². The molecule has 0 radical (unpaired) electrons. The molecular formula is C13H16F2N2O3S. The van der Waals surface area contributed by atoms with Crippen molar-refractivity contribution in [1.82, 2.24) is 5.32 Å². The molecule has 116 valence electrons. The van der Waals surface area contributed by atoms with Gasteiger partial charge >= 0.3 is 5.76 Å². The van der Waals surface area contributed by atoms with Gasteiger partial charge in [0.15, 0.2) is 0 Å². The van der Waals surface area contributed by atoms with Gasteiger partial charge in [0, 0.05) is 6.54 Å². The van der Waals surface area contributed by atoms with Crippen molar-refractivity contribution in [3.63, 3.8) is 0 Å². The van der Waals surface area contributed by atoms with Crippen molar-refractivity contribution in [1.29, 1.82) is 0 Å². The van der Waals surface area contributed by atoms with Crippen molar-refractivity contribution < 1.29 is 22.0 Å². The van der Waals surface area contributed by atoms with Gasteiger partial charge in [0.05, 0.1) is 16.5 Å². The van der Waals surface area contributed by atoms with Crippen LogP contribution in [0.2, 0.25) is 0 Å². The number of hydrogen-bond donors (Lipinski definition) is 2. The first kappa shape index (κ1) is 15.8. The van der Waals surface area contributed by atoms with Gasteiger partial charge in [0.2, 0.25) is 15.7 Å². The molecular weight excluding hydrogens is 302 g/mol. The van der Waals surface area contributed by atoms with E-state index in [1.54, 1.807) is 0 Å². The first-order valence-corrected chi connectivity index (χ1v) is 8.10. The van der Waals surface area contributed by atoms with Gasteiger partial charge in [-0.05, 0) is 31.5 Å². The van der Waals surface area contributed by atoms with Gasteiger partial charge < -0.3 is 10.6 Å². The van der Waals surface area contributed by atoms with Gasteiger partial charge in [0.25, 0.3) is 0 Å². The van der Waals surface area contributed by atoms with Gasteiger partial charge in [-0.25, -0.2) is 8.42 Å². The summed E-state index contributed by atoms with van der Waals surface area (Å²) in [4.78, 5) is 11.5. The third-order valence-corrected chi connectivity index (χ3v) is 4.79. The normalized spacial score (nSPS) is 19.5. The number of halogens is 2. The van der Waals surface area contributed by atoms with Gasteiger partial charge in [-0.2, -0.15) is 8.78 Å². The van der Waals surface area contributed by atoms with Gasteiger partial charge in [-0.15, -0.1) is 0 Å². The minimum Gasteiger partial charge on any atom is -0.325 e. The molecule has 0 unspecified atom stereocenters. The van der Waals surface area contributed by atoms with Crippen LogP contribution in [-0.4, -0.2) is 33.2 Å². The number of rotatable bonds is 4. The number of para-hydroxylation sites is 1. The first-order chi connectivity index (χ1) is 9.93. The third kappa shape index (κ3) is 3.56. The Morgan fingerprint density at radius 2 is 2.05 bits per heavy atom. The van der Waals surface area contributed by atoms with Crippen molar-refractivity contribution >= 4 is 21.4 Å². The molecule has 1 saturated heterocycles. The van der Waals surface area contributed by atoms with Crippen LogP contribution in [0, 0.1) is 5.92 Å². The minimum absolute atomic E-state index is 0.103. The zero-order valence-electron chi connectivity index (χ0n) is 11.2. The molecule has 0 saturated carbocycles. The number of hydrogen-bond acceptors (Lipinski definition) is 4. The molecule has 1 atom stereocenters. The van der Waals surface area contributed by atoms with Crippen LogP contribution in [0.15, 0.2) is 29.2 Å². The standard InChI is InChI=1S/C13H16F2N2O3S/c14-13(15)21(19,20)11-6-2-1-5-10(11)17-12(18)9-4-3-7-16-8-9/h1-2,5-6,9,13,16H,3-4,7-8H2,(H,17,18)/t9-/m0/s1. The molecule has 2 rings (SSSR count). The molecule has 21 heavy (non-hydrogen) atoms. The largest absolute Gasteiger partial charge is 0.341 e. The van der Waals surface area contributed by atoms with Crippen LogP contribution < -0.4 is 10.6 Å². The zero-order chi connectivity index (χ0) is 15.5. The first-order valence-electron chi connectivity index (χ1n) is 6.55. The lowest BCUT2D eigenvalue weighted by Gasteiger charge is -2.22. The monoisotopic (exact) mass is 318 g/mol. The average Bonchev–Trinajstić information content (AvgIpc) is 2.48. The smallest absolute Gasteiger partial charge is 0.325 e. The molecule has 8 heteroatoms. The van der Waals surface area contributed by atoms with Crippen LogP contribution in [-0.2, 0) is 14.6 Å². The molecule has 1 amide bonds. The molecule has 0 aliphatic carbocycles. The van der Waals surface area contributed by atoms with Crippen LogP contribution in [0.4, 0.5) is 14.5 Å². The van der Waals surface area contributed by atoms with E-state index in [2.05, 4.69) is 10.6 Å². The maximum atomic E-state index is 12.7. The van der Waals surface area contributed by atoms with E-state index in [1.165, 1.54) is 18.2 Å². The summed E-state index contributed by atoms with van der Waals surface area (Å²) in [6, 6.07) is 5.20. The number of anilines is 1. The Balaban J connectivity index is 2.23. The highest BCUT2D eigenvalue weighted by Gasteiger charge is 2.30. The number of piperidine rings is 1. The number of carbonyl (C=O) groups excluding carboxylic acids is 1. The summed E-state index contributed by atoms with van der Waals surface area (Å²) in [5, 5.41) is 5.52. The fraction of sp³-hybridized carbons (Fsp3) is 0.462. The Morgan fingerprint density at radius 3 is 2.67 bits per heavy atom. The number of nitrogens with one attached hydrogen (secondary N) is 2. The molecule has 0 spiro atoms. The second-order valence-corrected chi connectivity index (χ2v) is 6.72. The molecule has 0 bridgehead atoms. The van der Waals surface area contributed by atoms with Crippen molar-refractivity contribution in [2.24, 2.45) is 5.92 Å². The minimum atomic E-state index is -4.75. The second kappa shape index (κ2) is 6.48. The maximum absolute atomic E-state index is 12.7. The lowest BCUT2D eigenvalue weighted by molar-refractivity contribution is -0.120. The molecule has 1 aromatic rings. The summed E-state index contributed by atoms with van der Waals surface area (Å²) in [5.41, 5.74) is -0.103. The quantitative estimate of drug-likeness (QED) is 0.884. The van der Waals surface area contributed by atoms with Crippen LogP contribution >= 0.6 is 0 Å². The number of alkyl halides is 2. The third-order valence-electron chi connectivity index (χ3n) is 3.35. The fourth-order valence-corrected chi connectivity index (χ4v) is 3.11. The lowest BCUT2D eigenvalue weighted by atomic mass is 9.99. The topological polar surface area (TPSA) is 75.3 Å². The van der Waals surface area contributed by atoms with Crippen LogP contribution in [0.25, 0.3) is 0 Å². The molecule has 1 heterocycles. The molecule has 0 aromatic heterocycles. The number of sulfone groups is 1. The lowest BCUT2D eigenvalue weighted by Crippen LogP contribution is -2.37. The SMILES string of the molecule is O=C(Nc1ccccc1S(=O)(=O)C(F)F)[C@H]1CCCNC1. The van der Waals surface area contributed by atoms with E-state index in [1.807, 2.05) is 0 Å². The highest BCUT2D eigenvalue weighted by atomic mass is 32.2. The summed E-state index contributed by atoms with van der Waals surface area (Å²) >= 11 is 0. The van der Waals surface area contributed by atoms with E-state index in [-0.39, 0.29) is 17.5 Å². The van der Waals surface area contributed by atoms with Crippen LogP contribution in [0.3, 0.4) is 0 Å². The van der Waals surface area contributed by atoms with E-state index in [0.29, 0.717) is 13.0 Å². The highest BCUT2D eigenvalue weighted by Crippen LogP contribution is 2.26. The molecule has 5 nitrogen and oxygen atoms in total. The van der Waals surface area contributed by atoms with Gasteiger partial charge in [-0.1, -0.05) is 12.1 Å². The molecule has 1 fully saturated rings. The zero-order valence-corrected chi connectivity index (χ0v) is 12.0. The summed E-state index contributed by atoms with van der Waals surface area (Å²) in [5.74, 6) is -4.17. The van der Waals surface area contributed by atoms with Crippen molar-refractivity contribution in [2.75, 3.05) is 18.4 Å². The fourth-order valence-electron chi connectivity index (χ4n) is 2.22. The predicted molar refractivity (Wildman–Crippen MR) is 73.9 cm³/mol. The van der Waals surface area contributed by atoms with Crippen LogP contribution in [0.5, 0.6) is 0 Å². The summed E-state index contributed by atoms with van der Waals surface area (Å²) in [7, 11) is -4.75.